The zero-order valence-electron chi connectivity index (χ0n) is 7.78. The van der Waals surface area contributed by atoms with E-state index in [1.807, 2.05) is 6.26 Å². The summed E-state index contributed by atoms with van der Waals surface area (Å²) in [6, 6.07) is 0. The van der Waals surface area contributed by atoms with Crippen molar-refractivity contribution in [1.29, 1.82) is 0 Å². The molecule has 76 valence electrons. The van der Waals surface area contributed by atoms with Crippen LogP contribution in [0.15, 0.2) is 16.0 Å². The molecule has 1 aromatic rings. The van der Waals surface area contributed by atoms with Gasteiger partial charge >= 0.3 is 5.97 Å². The molecule has 0 aliphatic heterocycles. The van der Waals surface area contributed by atoms with Crippen molar-refractivity contribution >= 4 is 33.7 Å². The maximum Gasteiger partial charge on any atom is 0.342 e. The van der Waals surface area contributed by atoms with Crippen LogP contribution in [0.5, 0.6) is 0 Å². The number of carbonyl (C=O) groups excluding carboxylic acids is 1. The normalized spacial score (nSPS) is 9.93. The van der Waals surface area contributed by atoms with Crippen LogP contribution in [-0.4, -0.2) is 28.8 Å². The number of esters is 1. The lowest BCUT2D eigenvalue weighted by Crippen LogP contribution is -2.07. The molecule has 0 N–H and O–H groups in total. The highest BCUT2D eigenvalue weighted by molar-refractivity contribution is 9.10. The van der Waals surface area contributed by atoms with E-state index in [1.54, 1.807) is 6.92 Å². The van der Waals surface area contributed by atoms with Gasteiger partial charge in [0.05, 0.1) is 6.61 Å². The lowest BCUT2D eigenvalue weighted by atomic mass is 10.3. The molecular formula is C8H9BrN2O2S. The van der Waals surface area contributed by atoms with Gasteiger partial charge < -0.3 is 4.74 Å². The quantitative estimate of drug-likeness (QED) is 0.366. The zero-order chi connectivity index (χ0) is 10.6. The summed E-state index contributed by atoms with van der Waals surface area (Å²) in [5.41, 5.74) is 0.352. The SMILES string of the molecule is CCOC(=O)c1cnc(SC)nc1Br. The average molecular weight is 277 g/mol. The van der Waals surface area contributed by atoms with Crippen molar-refractivity contribution < 1.29 is 9.53 Å². The summed E-state index contributed by atoms with van der Waals surface area (Å²) in [6.45, 7) is 2.10. The van der Waals surface area contributed by atoms with E-state index in [4.69, 9.17) is 4.74 Å². The van der Waals surface area contributed by atoms with Gasteiger partial charge in [-0.25, -0.2) is 14.8 Å². The van der Waals surface area contributed by atoms with E-state index in [0.717, 1.165) is 0 Å². The fourth-order valence-corrected chi connectivity index (χ4v) is 1.68. The number of carbonyl (C=O) groups is 1. The van der Waals surface area contributed by atoms with Crippen LogP contribution >= 0.6 is 27.7 Å². The van der Waals surface area contributed by atoms with Gasteiger partial charge in [0, 0.05) is 6.20 Å². The molecule has 0 bridgehead atoms. The Hall–Kier alpha value is -0.620. The summed E-state index contributed by atoms with van der Waals surface area (Å²) in [5, 5.41) is 0.616. The summed E-state index contributed by atoms with van der Waals surface area (Å²) in [4.78, 5) is 19.4. The molecule has 1 rings (SSSR count). The van der Waals surface area contributed by atoms with Crippen LogP contribution in [0.4, 0.5) is 0 Å². The Kier molecular flexibility index (Phi) is 4.34. The number of hydrogen-bond acceptors (Lipinski definition) is 5. The minimum absolute atomic E-state index is 0.343. The molecule has 0 aliphatic carbocycles. The second-order valence-corrected chi connectivity index (χ2v) is 3.81. The van der Waals surface area contributed by atoms with Gasteiger partial charge in [-0.3, -0.25) is 0 Å². The minimum atomic E-state index is -0.410. The molecule has 4 nitrogen and oxygen atoms in total. The number of hydrogen-bond donors (Lipinski definition) is 0. The first-order valence-corrected chi connectivity index (χ1v) is 5.94. The van der Waals surface area contributed by atoms with E-state index in [9.17, 15) is 4.79 Å². The maximum absolute atomic E-state index is 11.3. The van der Waals surface area contributed by atoms with E-state index in [-0.39, 0.29) is 0 Å². The number of aromatic nitrogens is 2. The molecule has 0 fully saturated rings. The van der Waals surface area contributed by atoms with E-state index in [0.29, 0.717) is 21.9 Å². The topological polar surface area (TPSA) is 52.1 Å². The Morgan fingerprint density at radius 2 is 2.43 bits per heavy atom. The summed E-state index contributed by atoms with van der Waals surface area (Å²) in [7, 11) is 0. The summed E-state index contributed by atoms with van der Waals surface area (Å²) >= 11 is 4.61. The minimum Gasteiger partial charge on any atom is -0.462 e. The summed E-state index contributed by atoms with van der Waals surface area (Å²) < 4.78 is 5.29. The Labute approximate surface area is 94.6 Å². The number of ether oxygens (including phenoxy) is 1. The van der Waals surface area contributed by atoms with E-state index >= 15 is 0 Å². The van der Waals surface area contributed by atoms with E-state index in [1.165, 1.54) is 18.0 Å². The van der Waals surface area contributed by atoms with Crippen molar-refractivity contribution in [3.63, 3.8) is 0 Å². The van der Waals surface area contributed by atoms with E-state index in [2.05, 4.69) is 25.9 Å². The van der Waals surface area contributed by atoms with Crippen LogP contribution in [0, 0.1) is 0 Å². The molecule has 6 heteroatoms. The first-order chi connectivity index (χ1) is 6.69. The maximum atomic E-state index is 11.3. The molecule has 0 radical (unpaired) electrons. The average Bonchev–Trinajstić information content (AvgIpc) is 2.17. The van der Waals surface area contributed by atoms with Crippen molar-refractivity contribution in [2.24, 2.45) is 0 Å². The molecule has 0 aromatic carbocycles. The molecule has 0 aliphatic rings. The predicted molar refractivity (Wildman–Crippen MR) is 57.5 cm³/mol. The van der Waals surface area contributed by atoms with E-state index < -0.39 is 5.97 Å². The molecule has 0 amide bonds. The Morgan fingerprint density at radius 1 is 1.71 bits per heavy atom. The second-order valence-electron chi connectivity index (χ2n) is 2.28. The fraction of sp³-hybridized carbons (Fsp3) is 0.375. The standard InChI is InChI=1S/C8H9BrN2O2S/c1-3-13-7(12)5-4-10-8(14-2)11-6(5)9/h4H,3H2,1-2H3. The highest BCUT2D eigenvalue weighted by Crippen LogP contribution is 2.17. The number of nitrogens with zero attached hydrogens (tertiary/aromatic N) is 2. The first-order valence-electron chi connectivity index (χ1n) is 3.92. The monoisotopic (exact) mass is 276 g/mol. The molecule has 1 heterocycles. The Bertz CT molecular complexity index is 346. The first kappa shape index (κ1) is 11.5. The van der Waals surface area contributed by atoms with Crippen molar-refractivity contribution in [3.05, 3.63) is 16.4 Å². The fourth-order valence-electron chi connectivity index (χ4n) is 0.790. The van der Waals surface area contributed by atoms with Gasteiger partial charge in [0.2, 0.25) is 0 Å². The Morgan fingerprint density at radius 3 is 2.93 bits per heavy atom. The third-order valence-electron chi connectivity index (χ3n) is 1.40. The molecule has 0 saturated heterocycles. The Balaban J connectivity index is 2.94. The van der Waals surface area contributed by atoms with Gasteiger partial charge in [0.25, 0.3) is 0 Å². The van der Waals surface area contributed by atoms with Gasteiger partial charge in [-0.1, -0.05) is 11.8 Å². The summed E-state index contributed by atoms with van der Waals surface area (Å²) in [6.07, 6.45) is 3.33. The van der Waals surface area contributed by atoms with Crippen molar-refractivity contribution in [2.45, 2.75) is 12.1 Å². The molecule has 0 saturated carbocycles. The molecule has 0 unspecified atom stereocenters. The smallest absolute Gasteiger partial charge is 0.342 e. The van der Waals surface area contributed by atoms with Crippen molar-refractivity contribution in [3.8, 4) is 0 Å². The van der Waals surface area contributed by atoms with Crippen molar-refractivity contribution in [2.75, 3.05) is 12.9 Å². The third-order valence-corrected chi connectivity index (χ3v) is 2.56. The number of rotatable bonds is 3. The highest BCUT2D eigenvalue weighted by atomic mass is 79.9. The molecule has 14 heavy (non-hydrogen) atoms. The largest absolute Gasteiger partial charge is 0.462 e. The molecule has 0 atom stereocenters. The zero-order valence-corrected chi connectivity index (χ0v) is 10.2. The van der Waals surface area contributed by atoms with Crippen LogP contribution in [0.1, 0.15) is 17.3 Å². The van der Waals surface area contributed by atoms with Gasteiger partial charge in [0.1, 0.15) is 10.2 Å². The molecule has 1 aromatic heterocycles. The van der Waals surface area contributed by atoms with Gasteiger partial charge in [0.15, 0.2) is 5.16 Å². The van der Waals surface area contributed by atoms with Crippen LogP contribution < -0.4 is 0 Å². The molecule has 0 spiro atoms. The summed E-state index contributed by atoms with van der Waals surface area (Å²) in [5.74, 6) is -0.410. The third kappa shape index (κ3) is 2.68. The van der Waals surface area contributed by atoms with Gasteiger partial charge in [-0.05, 0) is 29.1 Å². The predicted octanol–water partition coefficient (Wildman–Crippen LogP) is 2.14. The van der Waals surface area contributed by atoms with Gasteiger partial charge in [-0.15, -0.1) is 0 Å². The lowest BCUT2D eigenvalue weighted by Gasteiger charge is -2.03. The molecular weight excluding hydrogens is 268 g/mol. The van der Waals surface area contributed by atoms with Crippen LogP contribution in [0.25, 0.3) is 0 Å². The van der Waals surface area contributed by atoms with Gasteiger partial charge in [-0.2, -0.15) is 0 Å². The van der Waals surface area contributed by atoms with Crippen LogP contribution in [0.2, 0.25) is 0 Å². The lowest BCUT2D eigenvalue weighted by molar-refractivity contribution is 0.0524. The van der Waals surface area contributed by atoms with Crippen LogP contribution in [-0.2, 0) is 4.74 Å². The number of thioether (sulfide) groups is 1. The second kappa shape index (κ2) is 5.31. The van der Waals surface area contributed by atoms with Crippen LogP contribution in [0.3, 0.4) is 0 Å². The van der Waals surface area contributed by atoms with Crippen molar-refractivity contribution in [1.82, 2.24) is 9.97 Å². The number of halogens is 1. The highest BCUT2D eigenvalue weighted by Gasteiger charge is 2.13.